The highest BCUT2D eigenvalue weighted by Crippen LogP contribution is 2.42. The van der Waals surface area contributed by atoms with Crippen molar-refractivity contribution in [3.05, 3.63) is 71.8 Å². The van der Waals surface area contributed by atoms with Gasteiger partial charge in [0, 0.05) is 30.9 Å². The average molecular weight is 562 g/mol. The van der Waals surface area contributed by atoms with E-state index in [-0.39, 0.29) is 30.8 Å². The summed E-state index contributed by atoms with van der Waals surface area (Å²) < 4.78 is 28.1. The first-order chi connectivity index (χ1) is 19.3. The molecule has 3 aromatic carbocycles. The molecule has 7 nitrogen and oxygen atoms in total. The lowest BCUT2D eigenvalue weighted by atomic mass is 9.95. The summed E-state index contributed by atoms with van der Waals surface area (Å²) in [4.78, 5) is 29.2. The van der Waals surface area contributed by atoms with Crippen LogP contribution in [0.25, 0.3) is 10.8 Å². The fraction of sp³-hybridized carbons (Fsp3) is 0.438. The van der Waals surface area contributed by atoms with Crippen molar-refractivity contribution in [3.8, 4) is 0 Å². The Hall–Kier alpha value is -3.39. The summed E-state index contributed by atoms with van der Waals surface area (Å²) in [7, 11) is -3.68. The van der Waals surface area contributed by atoms with E-state index >= 15 is 0 Å². The lowest BCUT2D eigenvalue weighted by molar-refractivity contribution is -0.141. The van der Waals surface area contributed by atoms with E-state index < -0.39 is 16.1 Å². The van der Waals surface area contributed by atoms with E-state index in [1.165, 1.54) is 10.7 Å². The normalized spacial score (nSPS) is 17.1. The smallest absolute Gasteiger partial charge is 0.265 e. The maximum Gasteiger partial charge on any atom is 0.265 e. The third kappa shape index (κ3) is 5.73. The Morgan fingerprint density at radius 3 is 2.48 bits per heavy atom. The summed E-state index contributed by atoms with van der Waals surface area (Å²) in [6.45, 7) is 4.49. The maximum atomic E-state index is 13.8. The number of amides is 2. The van der Waals surface area contributed by atoms with Gasteiger partial charge < -0.3 is 10.2 Å². The minimum Gasteiger partial charge on any atom is -0.352 e. The first-order valence-corrected chi connectivity index (χ1v) is 15.9. The molecule has 40 heavy (non-hydrogen) atoms. The number of nitrogens with one attached hydrogen (secondary N) is 1. The Morgan fingerprint density at radius 2 is 1.75 bits per heavy atom. The van der Waals surface area contributed by atoms with Crippen molar-refractivity contribution in [2.45, 2.75) is 88.7 Å². The van der Waals surface area contributed by atoms with Crippen molar-refractivity contribution in [1.29, 1.82) is 0 Å². The quantitative estimate of drug-likeness (QED) is 0.344. The van der Waals surface area contributed by atoms with Crippen LogP contribution in [0.1, 0.15) is 69.4 Å². The molecule has 1 fully saturated rings. The SMILES string of the molecule is CCC(C(=O)NC1CCCCC1)N(Cc1cccc(C)c1)C(=O)CCCN1c2cccc3cccc(c23)S1(=O)=O. The lowest BCUT2D eigenvalue weighted by Crippen LogP contribution is -2.51. The zero-order valence-electron chi connectivity index (χ0n) is 23.4. The Morgan fingerprint density at radius 1 is 1.02 bits per heavy atom. The summed E-state index contributed by atoms with van der Waals surface area (Å²) in [6.07, 6.45) is 6.41. The molecule has 1 atom stereocenters. The van der Waals surface area contributed by atoms with E-state index in [4.69, 9.17) is 0 Å². The maximum absolute atomic E-state index is 13.8. The first-order valence-electron chi connectivity index (χ1n) is 14.5. The Balaban J connectivity index is 1.32. The van der Waals surface area contributed by atoms with Crippen LogP contribution in [0, 0.1) is 6.92 Å². The number of hydrogen-bond acceptors (Lipinski definition) is 4. The van der Waals surface area contributed by atoms with Crippen molar-refractivity contribution < 1.29 is 18.0 Å². The van der Waals surface area contributed by atoms with Crippen molar-refractivity contribution in [2.24, 2.45) is 0 Å². The minimum atomic E-state index is -3.68. The number of sulfonamides is 1. The van der Waals surface area contributed by atoms with Crippen molar-refractivity contribution in [3.63, 3.8) is 0 Å². The van der Waals surface area contributed by atoms with Crippen LogP contribution in [0.4, 0.5) is 5.69 Å². The molecule has 1 aliphatic carbocycles. The van der Waals surface area contributed by atoms with Gasteiger partial charge in [-0.2, -0.15) is 0 Å². The zero-order valence-corrected chi connectivity index (χ0v) is 24.3. The third-order valence-electron chi connectivity index (χ3n) is 8.21. The predicted molar refractivity (Wildman–Crippen MR) is 159 cm³/mol. The zero-order chi connectivity index (χ0) is 28.3. The molecule has 2 amide bonds. The van der Waals surface area contributed by atoms with Crippen LogP contribution in [0.5, 0.6) is 0 Å². The number of anilines is 1. The molecule has 8 heteroatoms. The van der Waals surface area contributed by atoms with Crippen LogP contribution in [0.15, 0.2) is 65.6 Å². The molecule has 1 saturated carbocycles. The Kier molecular flexibility index (Phi) is 8.45. The molecular formula is C32H39N3O4S. The van der Waals surface area contributed by atoms with Crippen LogP contribution in [-0.4, -0.2) is 43.8 Å². The highest BCUT2D eigenvalue weighted by atomic mass is 32.2. The van der Waals surface area contributed by atoms with E-state index in [1.54, 1.807) is 17.0 Å². The van der Waals surface area contributed by atoms with Crippen LogP contribution < -0.4 is 9.62 Å². The number of nitrogens with zero attached hydrogens (tertiary/aromatic N) is 2. The van der Waals surface area contributed by atoms with Gasteiger partial charge in [-0.05, 0) is 55.7 Å². The molecule has 0 saturated heterocycles. The Labute approximate surface area is 237 Å². The summed E-state index contributed by atoms with van der Waals surface area (Å²) in [6, 6.07) is 18.5. The predicted octanol–water partition coefficient (Wildman–Crippen LogP) is 5.69. The van der Waals surface area contributed by atoms with Gasteiger partial charge in [0.2, 0.25) is 11.8 Å². The van der Waals surface area contributed by atoms with Gasteiger partial charge in [-0.1, -0.05) is 80.3 Å². The largest absolute Gasteiger partial charge is 0.352 e. The summed E-state index contributed by atoms with van der Waals surface area (Å²) in [5.74, 6) is -0.237. The van der Waals surface area contributed by atoms with Gasteiger partial charge in [0.25, 0.3) is 10.0 Å². The average Bonchev–Trinajstić information content (AvgIpc) is 3.16. The molecule has 0 spiro atoms. The lowest BCUT2D eigenvalue weighted by Gasteiger charge is -2.33. The van der Waals surface area contributed by atoms with Crippen molar-refractivity contribution >= 4 is 38.3 Å². The molecule has 1 unspecified atom stereocenters. The highest BCUT2D eigenvalue weighted by molar-refractivity contribution is 7.93. The molecule has 1 aliphatic heterocycles. The van der Waals surface area contributed by atoms with Gasteiger partial charge in [-0.3, -0.25) is 13.9 Å². The monoisotopic (exact) mass is 561 g/mol. The van der Waals surface area contributed by atoms with Gasteiger partial charge in [0.1, 0.15) is 6.04 Å². The van der Waals surface area contributed by atoms with Gasteiger partial charge in [0.15, 0.2) is 0 Å². The van der Waals surface area contributed by atoms with Crippen LogP contribution >= 0.6 is 0 Å². The molecule has 1 heterocycles. The molecule has 0 bridgehead atoms. The second kappa shape index (κ2) is 12.0. The molecule has 1 N–H and O–H groups in total. The minimum absolute atomic E-state index is 0.0975. The molecule has 212 valence electrons. The van der Waals surface area contributed by atoms with Crippen molar-refractivity contribution in [2.75, 3.05) is 10.8 Å². The fourth-order valence-corrected chi connectivity index (χ4v) is 7.94. The van der Waals surface area contributed by atoms with Crippen molar-refractivity contribution in [1.82, 2.24) is 10.2 Å². The Bertz CT molecular complexity index is 1490. The van der Waals surface area contributed by atoms with Crippen LogP contribution in [0.2, 0.25) is 0 Å². The molecular weight excluding hydrogens is 522 g/mol. The topological polar surface area (TPSA) is 86.8 Å². The number of aryl methyl sites for hydroxylation is 1. The van der Waals surface area contributed by atoms with Gasteiger partial charge in [-0.15, -0.1) is 0 Å². The van der Waals surface area contributed by atoms with E-state index in [0.29, 0.717) is 30.0 Å². The first kappa shape index (κ1) is 28.1. The number of rotatable bonds is 10. The fourth-order valence-electron chi connectivity index (χ4n) is 6.19. The number of hydrogen-bond donors (Lipinski definition) is 1. The molecule has 3 aromatic rings. The summed E-state index contributed by atoms with van der Waals surface area (Å²) in [5, 5.41) is 4.84. The van der Waals surface area contributed by atoms with Crippen LogP contribution in [0.3, 0.4) is 0 Å². The number of carbonyl (C=O) groups is 2. The van der Waals surface area contributed by atoms with E-state index in [9.17, 15) is 18.0 Å². The second-order valence-corrected chi connectivity index (χ2v) is 12.9. The molecule has 0 aromatic heterocycles. The number of benzene rings is 3. The van der Waals surface area contributed by atoms with Gasteiger partial charge in [-0.25, -0.2) is 8.42 Å². The van der Waals surface area contributed by atoms with E-state index in [2.05, 4.69) is 5.32 Å². The standard InChI is InChI=1S/C32H39N3O4S/c1-3-27(32(37)33-26-15-5-4-6-16-26)34(22-24-12-7-11-23(2)21-24)30(36)19-10-20-35-28-17-8-13-25-14-9-18-29(31(25)28)40(35,38)39/h7-9,11-14,17-18,21,26-27H,3-6,10,15-16,19-20,22H2,1-2H3,(H,33,37). The summed E-state index contributed by atoms with van der Waals surface area (Å²) >= 11 is 0. The highest BCUT2D eigenvalue weighted by Gasteiger charge is 2.36. The molecule has 5 rings (SSSR count). The van der Waals surface area contributed by atoms with Gasteiger partial charge >= 0.3 is 0 Å². The second-order valence-electron chi connectivity index (χ2n) is 11.1. The third-order valence-corrected chi connectivity index (χ3v) is 10.1. The van der Waals surface area contributed by atoms with Gasteiger partial charge in [0.05, 0.1) is 10.6 Å². The molecule has 2 aliphatic rings. The molecule has 0 radical (unpaired) electrons. The van der Waals surface area contributed by atoms with E-state index in [0.717, 1.165) is 47.6 Å². The van der Waals surface area contributed by atoms with E-state index in [1.807, 2.05) is 62.4 Å². The number of carbonyl (C=O) groups excluding carboxylic acids is 2. The van der Waals surface area contributed by atoms with Crippen LogP contribution in [-0.2, 0) is 26.2 Å². The summed E-state index contributed by atoms with van der Waals surface area (Å²) in [5.41, 5.74) is 2.73.